The van der Waals surface area contributed by atoms with E-state index in [1.54, 1.807) is 36.4 Å². The van der Waals surface area contributed by atoms with E-state index in [1.165, 1.54) is 6.20 Å². The number of amides is 1. The number of fused-ring (bicyclic) bond motifs is 1. The quantitative estimate of drug-likeness (QED) is 0.763. The molecule has 1 aliphatic carbocycles. The highest BCUT2D eigenvalue weighted by Gasteiger charge is 2.39. The average Bonchev–Trinajstić information content (AvgIpc) is 2.71. The molecule has 0 bridgehead atoms. The van der Waals surface area contributed by atoms with Crippen molar-refractivity contribution < 1.29 is 27.9 Å². The van der Waals surface area contributed by atoms with Crippen molar-refractivity contribution in [1.29, 1.82) is 5.26 Å². The topological polar surface area (TPSA) is 103 Å². The summed E-state index contributed by atoms with van der Waals surface area (Å²) in [6.07, 6.45) is -1.60. The van der Waals surface area contributed by atoms with Gasteiger partial charge in [-0.05, 0) is 30.9 Å². The number of nitriles is 1. The summed E-state index contributed by atoms with van der Waals surface area (Å²) >= 11 is 0. The molecule has 0 radical (unpaired) electrons. The highest BCUT2D eigenvalue weighted by molar-refractivity contribution is 5.99. The number of nitrogens with zero attached hydrogens (tertiary/aromatic N) is 2. The number of halogens is 3. The van der Waals surface area contributed by atoms with Crippen LogP contribution in [-0.4, -0.2) is 34.2 Å². The van der Waals surface area contributed by atoms with Crippen molar-refractivity contribution >= 4 is 28.4 Å². The lowest BCUT2D eigenvalue weighted by molar-refractivity contribution is -0.175. The van der Waals surface area contributed by atoms with Crippen molar-refractivity contribution in [1.82, 2.24) is 10.3 Å². The average molecular weight is 417 g/mol. The number of carboxylic acids is 1. The Morgan fingerprint density at radius 3 is 2.73 bits per heavy atom. The number of carbonyl (C=O) groups is 2. The van der Waals surface area contributed by atoms with Gasteiger partial charge in [0.2, 0.25) is 0 Å². The fourth-order valence-electron chi connectivity index (χ4n) is 3.47. The van der Waals surface area contributed by atoms with Gasteiger partial charge in [-0.15, -0.1) is 0 Å². The number of allylic oxidation sites excluding steroid dienone is 2. The van der Waals surface area contributed by atoms with Crippen LogP contribution in [0.15, 0.2) is 36.5 Å². The maximum atomic E-state index is 12.9. The number of hydrogen-bond acceptors (Lipinski definition) is 4. The van der Waals surface area contributed by atoms with Crippen LogP contribution >= 0.6 is 0 Å². The second-order valence-corrected chi connectivity index (χ2v) is 7.10. The molecule has 9 heteroatoms. The van der Waals surface area contributed by atoms with E-state index < -0.39 is 36.4 Å². The fraction of sp³-hybridized carbons (Fsp3) is 0.333. The molecule has 1 aliphatic rings. The fourth-order valence-corrected chi connectivity index (χ4v) is 3.47. The zero-order chi connectivity index (χ0) is 21.9. The SMILES string of the molecule is N#C[C@@H](CC(=O)O)NC(=O)c1cnc2c(C3=CC[C@@H](C(F)(F)F)CC3)cccc2c1. The van der Waals surface area contributed by atoms with Crippen LogP contribution in [0, 0.1) is 17.2 Å². The Balaban J connectivity index is 1.84. The number of nitrogens with one attached hydrogen (secondary N) is 1. The van der Waals surface area contributed by atoms with Crippen LogP contribution in [0.2, 0.25) is 0 Å². The van der Waals surface area contributed by atoms with Gasteiger partial charge in [-0.25, -0.2) is 0 Å². The predicted octanol–water partition coefficient (Wildman–Crippen LogP) is 4.08. The molecule has 0 spiro atoms. The second kappa shape index (κ2) is 8.53. The van der Waals surface area contributed by atoms with Crippen LogP contribution < -0.4 is 5.32 Å². The van der Waals surface area contributed by atoms with Crippen LogP contribution in [0.4, 0.5) is 13.2 Å². The first-order valence-corrected chi connectivity index (χ1v) is 9.26. The lowest BCUT2D eigenvalue weighted by Gasteiger charge is -2.24. The molecule has 2 N–H and O–H groups in total. The third-order valence-corrected chi connectivity index (χ3v) is 5.03. The number of hydrogen-bond donors (Lipinski definition) is 2. The van der Waals surface area contributed by atoms with Gasteiger partial charge < -0.3 is 10.4 Å². The molecular weight excluding hydrogens is 399 g/mol. The first-order chi connectivity index (χ1) is 14.2. The highest BCUT2D eigenvalue weighted by Crippen LogP contribution is 2.40. The van der Waals surface area contributed by atoms with Crippen molar-refractivity contribution in [2.24, 2.45) is 5.92 Å². The van der Waals surface area contributed by atoms with Gasteiger partial charge in [0, 0.05) is 17.1 Å². The summed E-state index contributed by atoms with van der Waals surface area (Å²) in [6.45, 7) is 0. The van der Waals surface area contributed by atoms with E-state index in [0.717, 1.165) is 11.1 Å². The van der Waals surface area contributed by atoms with E-state index in [4.69, 9.17) is 10.4 Å². The minimum atomic E-state index is -4.21. The second-order valence-electron chi connectivity index (χ2n) is 7.10. The Labute approximate surface area is 170 Å². The van der Waals surface area contributed by atoms with E-state index in [2.05, 4.69) is 10.3 Å². The molecule has 6 nitrogen and oxygen atoms in total. The molecule has 0 unspecified atom stereocenters. The molecule has 1 heterocycles. The molecule has 2 atom stereocenters. The van der Waals surface area contributed by atoms with Gasteiger partial charge in [0.1, 0.15) is 6.04 Å². The van der Waals surface area contributed by atoms with Gasteiger partial charge >= 0.3 is 12.1 Å². The monoisotopic (exact) mass is 417 g/mol. The lowest BCUT2D eigenvalue weighted by atomic mass is 9.85. The van der Waals surface area contributed by atoms with Gasteiger partial charge in [0.15, 0.2) is 0 Å². The van der Waals surface area contributed by atoms with Gasteiger partial charge in [0.05, 0.1) is 29.5 Å². The molecule has 3 rings (SSSR count). The summed E-state index contributed by atoms with van der Waals surface area (Å²) in [5.41, 5.74) is 2.23. The highest BCUT2D eigenvalue weighted by atomic mass is 19.4. The number of pyridine rings is 1. The molecule has 1 aromatic heterocycles. The summed E-state index contributed by atoms with van der Waals surface area (Å²) in [5.74, 6) is -3.18. The molecule has 0 fully saturated rings. The maximum Gasteiger partial charge on any atom is 0.392 e. The third kappa shape index (κ3) is 4.76. The van der Waals surface area contributed by atoms with Crippen LogP contribution in [0.25, 0.3) is 16.5 Å². The first kappa shape index (κ1) is 21.3. The number of alkyl halides is 3. The smallest absolute Gasteiger partial charge is 0.392 e. The zero-order valence-electron chi connectivity index (χ0n) is 15.7. The van der Waals surface area contributed by atoms with Gasteiger partial charge in [-0.3, -0.25) is 14.6 Å². The van der Waals surface area contributed by atoms with Crippen LogP contribution in [0.3, 0.4) is 0 Å². The van der Waals surface area contributed by atoms with Crippen LogP contribution in [0.1, 0.15) is 41.6 Å². The van der Waals surface area contributed by atoms with Crippen LogP contribution in [0.5, 0.6) is 0 Å². The number of carboxylic acid groups (broad SMARTS) is 1. The predicted molar refractivity (Wildman–Crippen MR) is 102 cm³/mol. The summed E-state index contributed by atoms with van der Waals surface area (Å²) in [7, 11) is 0. The molecule has 1 amide bonds. The van der Waals surface area contributed by atoms with Crippen molar-refractivity contribution in [3.8, 4) is 6.07 Å². The molecule has 30 heavy (non-hydrogen) atoms. The first-order valence-electron chi connectivity index (χ1n) is 9.26. The molecule has 0 saturated heterocycles. The summed E-state index contributed by atoms with van der Waals surface area (Å²) in [4.78, 5) is 27.4. The Morgan fingerprint density at radius 1 is 1.37 bits per heavy atom. The third-order valence-electron chi connectivity index (χ3n) is 5.03. The van der Waals surface area contributed by atoms with Crippen molar-refractivity contribution in [2.45, 2.75) is 37.9 Å². The molecule has 0 saturated carbocycles. The maximum absolute atomic E-state index is 12.9. The minimum Gasteiger partial charge on any atom is -0.481 e. The summed E-state index contributed by atoms with van der Waals surface area (Å²) < 4.78 is 38.7. The van der Waals surface area contributed by atoms with E-state index in [1.807, 2.05) is 0 Å². The number of benzene rings is 1. The summed E-state index contributed by atoms with van der Waals surface area (Å²) in [5, 5.41) is 20.7. The van der Waals surface area contributed by atoms with Crippen molar-refractivity contribution in [2.75, 3.05) is 0 Å². The standard InChI is InChI=1S/C21H18F3N3O3/c22-21(23,24)15-6-4-12(5-7-15)17-3-1-2-13-8-14(11-26-19(13)17)20(30)27-16(10-25)9-18(28)29/h1-4,8,11,15-16H,5-7,9H2,(H,27,30)(H,28,29)/t15-,16-/m1/s1. The van der Waals surface area contributed by atoms with E-state index >= 15 is 0 Å². The molecule has 1 aromatic carbocycles. The number of para-hydroxylation sites is 1. The molecule has 2 aromatic rings. The Morgan fingerprint density at radius 2 is 2.13 bits per heavy atom. The van der Waals surface area contributed by atoms with Gasteiger partial charge in [-0.2, -0.15) is 18.4 Å². The Kier molecular flexibility index (Phi) is 6.06. The molecule has 0 aliphatic heterocycles. The number of rotatable bonds is 5. The largest absolute Gasteiger partial charge is 0.481 e. The normalized spacial score (nSPS) is 17.7. The van der Waals surface area contributed by atoms with Gasteiger partial charge in [-0.1, -0.05) is 24.3 Å². The Hall–Kier alpha value is -3.41. The molecular formula is C21H18F3N3O3. The zero-order valence-corrected chi connectivity index (χ0v) is 15.7. The van der Waals surface area contributed by atoms with E-state index in [9.17, 15) is 22.8 Å². The van der Waals surface area contributed by atoms with Gasteiger partial charge in [0.25, 0.3) is 5.91 Å². The van der Waals surface area contributed by atoms with Crippen molar-refractivity contribution in [3.63, 3.8) is 0 Å². The number of aliphatic carboxylic acids is 1. The molecule has 156 valence electrons. The van der Waals surface area contributed by atoms with Crippen molar-refractivity contribution in [3.05, 3.63) is 47.7 Å². The lowest BCUT2D eigenvalue weighted by Crippen LogP contribution is -2.35. The number of carbonyl (C=O) groups excluding carboxylic acids is 1. The van der Waals surface area contributed by atoms with E-state index in [0.29, 0.717) is 10.9 Å². The number of aromatic nitrogens is 1. The van der Waals surface area contributed by atoms with Crippen LogP contribution in [-0.2, 0) is 4.79 Å². The summed E-state index contributed by atoms with van der Waals surface area (Å²) in [6, 6.07) is 7.34. The van der Waals surface area contributed by atoms with E-state index in [-0.39, 0.29) is 24.8 Å². The minimum absolute atomic E-state index is 0.0192. The Bertz CT molecular complexity index is 1060.